The van der Waals surface area contributed by atoms with Crippen molar-refractivity contribution in [3.05, 3.63) is 30.3 Å². The molecule has 1 unspecified atom stereocenters. The monoisotopic (exact) mass is 542 g/mol. The number of para-hydroxylation sites is 1. The molecule has 1 aromatic rings. The lowest BCUT2D eigenvalue weighted by Gasteiger charge is -2.30. The van der Waals surface area contributed by atoms with E-state index in [4.69, 9.17) is 9.47 Å². The second-order valence-corrected chi connectivity index (χ2v) is 11.6. The summed E-state index contributed by atoms with van der Waals surface area (Å²) in [4.78, 5) is 37.5. The van der Waals surface area contributed by atoms with Crippen molar-refractivity contribution in [1.82, 2.24) is 16.0 Å². The number of amides is 3. The van der Waals surface area contributed by atoms with E-state index in [-0.39, 0.29) is 31.3 Å². The van der Waals surface area contributed by atoms with Crippen molar-refractivity contribution in [1.29, 1.82) is 0 Å². The Labute approximate surface area is 217 Å². The van der Waals surface area contributed by atoms with Crippen molar-refractivity contribution >= 4 is 28.0 Å². The third-order valence-corrected chi connectivity index (χ3v) is 6.59. The first-order valence-corrected chi connectivity index (χ1v) is 13.5. The zero-order valence-electron chi connectivity index (χ0n) is 21.4. The molecule has 0 saturated carbocycles. The van der Waals surface area contributed by atoms with Crippen LogP contribution >= 0.6 is 0 Å². The van der Waals surface area contributed by atoms with Gasteiger partial charge in [-0.25, -0.2) is 13.2 Å². The van der Waals surface area contributed by atoms with Crippen LogP contribution in [-0.2, 0) is 24.4 Å². The predicted molar refractivity (Wildman–Crippen MR) is 132 cm³/mol. The molecule has 13 heteroatoms. The van der Waals surface area contributed by atoms with E-state index in [1.54, 1.807) is 52.0 Å². The molecule has 2 rings (SSSR count). The van der Waals surface area contributed by atoms with Gasteiger partial charge in [-0.05, 0) is 51.2 Å². The Balaban J connectivity index is 2.05. The summed E-state index contributed by atoms with van der Waals surface area (Å²) in [7, 11) is -5.20. The van der Waals surface area contributed by atoms with E-state index in [2.05, 4.69) is 16.0 Å². The quantitative estimate of drug-likeness (QED) is 0.263. The van der Waals surface area contributed by atoms with Gasteiger partial charge in [0.25, 0.3) is 0 Å². The summed E-state index contributed by atoms with van der Waals surface area (Å²) < 4.78 is 45.5. The van der Waals surface area contributed by atoms with Crippen molar-refractivity contribution in [2.24, 2.45) is 11.8 Å². The highest BCUT2D eigenvalue weighted by Gasteiger charge is 2.35. The maximum absolute atomic E-state index is 13.0. The van der Waals surface area contributed by atoms with Gasteiger partial charge in [-0.3, -0.25) is 9.59 Å². The molecule has 0 spiro atoms. The predicted octanol–water partition coefficient (Wildman–Crippen LogP) is 0.860. The van der Waals surface area contributed by atoms with Crippen molar-refractivity contribution in [2.45, 2.75) is 70.1 Å². The van der Waals surface area contributed by atoms with Gasteiger partial charge < -0.3 is 35.1 Å². The molecule has 4 atom stereocenters. The molecular weight excluding hydrogens is 506 g/mol. The first-order valence-electron chi connectivity index (χ1n) is 12.1. The fraction of sp³-hybridized carbons (Fsp3) is 0.625. The summed E-state index contributed by atoms with van der Waals surface area (Å²) >= 11 is 0. The van der Waals surface area contributed by atoms with Gasteiger partial charge in [0.15, 0.2) is 5.44 Å². The van der Waals surface area contributed by atoms with E-state index in [9.17, 15) is 32.5 Å². The molecule has 0 bridgehead atoms. The van der Waals surface area contributed by atoms with Crippen LogP contribution in [0.25, 0.3) is 0 Å². The van der Waals surface area contributed by atoms with Crippen molar-refractivity contribution in [3.63, 3.8) is 0 Å². The summed E-state index contributed by atoms with van der Waals surface area (Å²) in [5.41, 5.74) is -3.35. The van der Waals surface area contributed by atoms with Crippen LogP contribution in [0, 0.1) is 11.8 Å². The SMILES string of the molecule is CC(C)C[C@H](NC(=O)OCC(C)(C)Oc1ccccc1)C(=O)N[C@@H](C[C@@H]1CCNC1=O)C(O)S(=O)(=O)[O-]. The average molecular weight is 543 g/mol. The van der Waals surface area contributed by atoms with Gasteiger partial charge in [0.1, 0.15) is 34.1 Å². The fourth-order valence-electron chi connectivity index (χ4n) is 3.87. The first-order chi connectivity index (χ1) is 17.2. The highest BCUT2D eigenvalue weighted by molar-refractivity contribution is 7.86. The Morgan fingerprint density at radius 3 is 2.41 bits per heavy atom. The first kappa shape index (κ1) is 30.3. The Kier molecular flexibility index (Phi) is 10.7. The summed E-state index contributed by atoms with van der Waals surface area (Å²) in [5, 5.41) is 17.5. The van der Waals surface area contributed by atoms with Gasteiger partial charge in [0, 0.05) is 12.5 Å². The lowest BCUT2D eigenvalue weighted by Crippen LogP contribution is -2.55. The van der Waals surface area contributed by atoms with Crippen LogP contribution < -0.4 is 20.7 Å². The number of benzene rings is 1. The van der Waals surface area contributed by atoms with Crippen LogP contribution in [0.5, 0.6) is 5.75 Å². The summed E-state index contributed by atoms with van der Waals surface area (Å²) in [6.45, 7) is 7.28. The second-order valence-electron chi connectivity index (χ2n) is 10.1. The molecule has 1 aromatic carbocycles. The molecule has 37 heavy (non-hydrogen) atoms. The number of aliphatic hydroxyl groups excluding tert-OH is 1. The maximum atomic E-state index is 13.0. The lowest BCUT2D eigenvalue weighted by atomic mass is 9.97. The zero-order valence-corrected chi connectivity index (χ0v) is 22.2. The molecule has 0 aromatic heterocycles. The number of hydrogen-bond acceptors (Lipinski definition) is 9. The van der Waals surface area contributed by atoms with E-state index in [0.29, 0.717) is 18.7 Å². The fourth-order valence-corrected chi connectivity index (χ4v) is 4.45. The number of hydrogen-bond donors (Lipinski definition) is 4. The largest absolute Gasteiger partial charge is 0.746 e. The number of ether oxygens (including phenoxy) is 2. The highest BCUT2D eigenvalue weighted by Crippen LogP contribution is 2.20. The Morgan fingerprint density at radius 2 is 1.86 bits per heavy atom. The Bertz CT molecular complexity index is 1030. The molecule has 4 N–H and O–H groups in total. The van der Waals surface area contributed by atoms with Gasteiger partial charge in [-0.2, -0.15) is 0 Å². The smallest absolute Gasteiger partial charge is 0.407 e. The van der Waals surface area contributed by atoms with Crippen LogP contribution in [0.4, 0.5) is 4.79 Å². The minimum atomic E-state index is -5.20. The molecule has 3 amide bonds. The lowest BCUT2D eigenvalue weighted by molar-refractivity contribution is -0.126. The summed E-state index contributed by atoms with van der Waals surface area (Å²) in [5.74, 6) is -1.36. The molecule has 0 aliphatic carbocycles. The van der Waals surface area contributed by atoms with Crippen LogP contribution in [0.15, 0.2) is 30.3 Å². The molecule has 1 aliphatic heterocycles. The topological polar surface area (TPSA) is 183 Å². The van der Waals surface area contributed by atoms with E-state index >= 15 is 0 Å². The molecule has 208 valence electrons. The molecule has 0 radical (unpaired) electrons. The molecule has 1 aliphatic rings. The Morgan fingerprint density at radius 1 is 1.22 bits per heavy atom. The van der Waals surface area contributed by atoms with Crippen LogP contribution in [0.1, 0.15) is 47.0 Å². The van der Waals surface area contributed by atoms with Gasteiger partial charge >= 0.3 is 6.09 Å². The van der Waals surface area contributed by atoms with E-state index in [1.807, 2.05) is 6.07 Å². The second kappa shape index (κ2) is 13.1. The number of carbonyl (C=O) groups excluding carboxylic acids is 3. The van der Waals surface area contributed by atoms with Crippen LogP contribution in [-0.4, -0.2) is 72.3 Å². The van der Waals surface area contributed by atoms with E-state index < -0.39 is 51.2 Å². The van der Waals surface area contributed by atoms with Crippen molar-refractivity contribution in [3.8, 4) is 5.75 Å². The van der Waals surface area contributed by atoms with Gasteiger partial charge in [0.2, 0.25) is 11.8 Å². The summed E-state index contributed by atoms with van der Waals surface area (Å²) in [6.07, 6.45) is -0.655. The Hall–Kier alpha value is -2.90. The number of alkyl carbamates (subject to hydrolysis) is 1. The standard InChI is InChI=1S/C24H37N3O9S/c1-15(2)12-18(27-23(31)35-14-24(3,4)36-17-8-6-5-7-9-17)21(29)26-19(22(30)37(32,33)34)13-16-10-11-25-20(16)28/h5-9,15-16,18-19,22,30H,10-14H2,1-4H3,(H,25,28)(H,26,29)(H,27,31)(H,32,33,34)/p-1/t16-,18-,19-,22?/m0/s1. The van der Waals surface area contributed by atoms with Crippen molar-refractivity contribution in [2.75, 3.05) is 13.2 Å². The average Bonchev–Trinajstić information content (AvgIpc) is 3.20. The molecule has 12 nitrogen and oxygen atoms in total. The number of carbonyl (C=O) groups is 3. The molecule has 1 heterocycles. The number of rotatable bonds is 13. The van der Waals surface area contributed by atoms with Gasteiger partial charge in [0.05, 0.1) is 6.04 Å². The van der Waals surface area contributed by atoms with Crippen LogP contribution in [0.2, 0.25) is 0 Å². The number of aliphatic hydroxyl groups is 1. The van der Waals surface area contributed by atoms with Gasteiger partial charge in [-0.1, -0.05) is 32.0 Å². The molecular formula is C24H36N3O9S-. The third kappa shape index (κ3) is 10.2. The zero-order chi connectivity index (χ0) is 27.8. The minimum absolute atomic E-state index is 0.0684. The maximum Gasteiger partial charge on any atom is 0.407 e. The number of nitrogens with one attached hydrogen (secondary N) is 3. The van der Waals surface area contributed by atoms with E-state index in [0.717, 1.165) is 0 Å². The van der Waals surface area contributed by atoms with Gasteiger partial charge in [-0.15, -0.1) is 0 Å². The highest BCUT2D eigenvalue weighted by atomic mass is 32.2. The van der Waals surface area contributed by atoms with E-state index in [1.165, 1.54) is 0 Å². The molecule has 1 fully saturated rings. The molecule has 1 saturated heterocycles. The van der Waals surface area contributed by atoms with Crippen molar-refractivity contribution < 1.29 is 41.9 Å². The van der Waals surface area contributed by atoms with Crippen LogP contribution in [0.3, 0.4) is 0 Å². The summed E-state index contributed by atoms with van der Waals surface area (Å²) in [6, 6.07) is 6.24. The minimum Gasteiger partial charge on any atom is -0.746 e. The normalized spacial score (nSPS) is 18.5. The third-order valence-electron chi connectivity index (χ3n) is 5.67.